The maximum Gasteiger partial charge on any atom is 0.194 e. The number of aromatic nitrogens is 2. The number of rotatable bonds is 4. The first-order valence-corrected chi connectivity index (χ1v) is 7.14. The van der Waals surface area contributed by atoms with Crippen LogP contribution in [0.3, 0.4) is 0 Å². The molecule has 0 aromatic carbocycles. The summed E-state index contributed by atoms with van der Waals surface area (Å²) in [6, 6.07) is 0.517. The molecule has 0 aliphatic rings. The van der Waals surface area contributed by atoms with E-state index in [-0.39, 0.29) is 0 Å². The first kappa shape index (κ1) is 13.3. The number of thiazole rings is 1. The van der Waals surface area contributed by atoms with Crippen LogP contribution in [0.4, 0.5) is 0 Å². The number of aryl methyl sites for hydroxylation is 2. The van der Waals surface area contributed by atoms with Gasteiger partial charge in [-0.1, -0.05) is 19.4 Å². The van der Waals surface area contributed by atoms with Crippen LogP contribution in [-0.2, 0) is 0 Å². The molecule has 0 unspecified atom stereocenters. The van der Waals surface area contributed by atoms with E-state index in [1.165, 1.54) is 16.1 Å². The van der Waals surface area contributed by atoms with Gasteiger partial charge in [-0.2, -0.15) is 0 Å². The van der Waals surface area contributed by atoms with Crippen LogP contribution in [0.2, 0.25) is 0 Å². The summed E-state index contributed by atoms with van der Waals surface area (Å²) in [6.45, 7) is 11.6. The second-order valence-electron chi connectivity index (χ2n) is 5.10. The summed E-state index contributed by atoms with van der Waals surface area (Å²) in [6.07, 6.45) is 4.39. The minimum Gasteiger partial charge on any atom is -0.311 e. The predicted octanol–water partition coefficient (Wildman–Crippen LogP) is 3.41. The molecule has 2 heterocycles. The van der Waals surface area contributed by atoms with Gasteiger partial charge in [0.2, 0.25) is 0 Å². The first-order valence-electron chi connectivity index (χ1n) is 6.33. The molecule has 0 spiro atoms. The molecule has 98 valence electrons. The van der Waals surface area contributed by atoms with Crippen molar-refractivity contribution in [3.8, 4) is 0 Å². The van der Waals surface area contributed by atoms with Gasteiger partial charge in [0.1, 0.15) is 0 Å². The molecule has 0 saturated carbocycles. The van der Waals surface area contributed by atoms with E-state index in [1.54, 1.807) is 11.3 Å². The van der Waals surface area contributed by atoms with Crippen molar-refractivity contribution in [3.63, 3.8) is 0 Å². The maximum atomic E-state index is 4.60. The average Bonchev–Trinajstić information content (AvgIpc) is 2.74. The standard InChI is InChI=1S/C14H21N3S/c1-9(2)15-7-10(3)6-13-12(5)16-14-17(13)8-11(4)18-14/h6,8-9,15H,7H2,1-5H3. The Bertz CT molecular complexity index is 575. The van der Waals surface area contributed by atoms with E-state index in [1.807, 2.05) is 0 Å². The van der Waals surface area contributed by atoms with Crippen LogP contribution in [0.15, 0.2) is 11.8 Å². The Morgan fingerprint density at radius 3 is 2.89 bits per heavy atom. The van der Waals surface area contributed by atoms with Gasteiger partial charge in [0.15, 0.2) is 4.96 Å². The van der Waals surface area contributed by atoms with E-state index >= 15 is 0 Å². The molecule has 2 aromatic heterocycles. The molecule has 0 fully saturated rings. The molecule has 0 radical (unpaired) electrons. The van der Waals surface area contributed by atoms with Crippen molar-refractivity contribution in [2.24, 2.45) is 0 Å². The summed E-state index contributed by atoms with van der Waals surface area (Å²) < 4.78 is 2.19. The Hall–Kier alpha value is -1.13. The molecule has 18 heavy (non-hydrogen) atoms. The molecule has 1 N–H and O–H groups in total. The molecule has 3 nitrogen and oxygen atoms in total. The summed E-state index contributed by atoms with van der Waals surface area (Å²) in [7, 11) is 0. The van der Waals surface area contributed by atoms with Gasteiger partial charge in [-0.3, -0.25) is 4.40 Å². The fourth-order valence-corrected chi connectivity index (χ4v) is 2.78. The smallest absolute Gasteiger partial charge is 0.194 e. The third-order valence-corrected chi connectivity index (χ3v) is 3.73. The molecular formula is C14H21N3S. The Morgan fingerprint density at radius 2 is 2.22 bits per heavy atom. The predicted molar refractivity (Wildman–Crippen MR) is 79.3 cm³/mol. The summed E-state index contributed by atoms with van der Waals surface area (Å²) in [4.78, 5) is 6.98. The lowest BCUT2D eigenvalue weighted by molar-refractivity contribution is 0.622. The van der Waals surface area contributed by atoms with E-state index in [0.29, 0.717) is 6.04 Å². The summed E-state index contributed by atoms with van der Waals surface area (Å²) in [5.41, 5.74) is 3.64. The summed E-state index contributed by atoms with van der Waals surface area (Å²) in [5.74, 6) is 0. The number of fused-ring (bicyclic) bond motifs is 1. The number of nitrogens with one attached hydrogen (secondary N) is 1. The quantitative estimate of drug-likeness (QED) is 0.916. The highest BCUT2D eigenvalue weighted by molar-refractivity contribution is 7.17. The molecule has 2 rings (SSSR count). The van der Waals surface area contributed by atoms with Crippen molar-refractivity contribution in [3.05, 3.63) is 28.0 Å². The highest BCUT2D eigenvalue weighted by Crippen LogP contribution is 2.22. The third-order valence-electron chi connectivity index (χ3n) is 2.84. The van der Waals surface area contributed by atoms with Gasteiger partial charge < -0.3 is 5.32 Å². The van der Waals surface area contributed by atoms with E-state index in [9.17, 15) is 0 Å². The lowest BCUT2D eigenvalue weighted by atomic mass is 10.2. The average molecular weight is 263 g/mol. The third kappa shape index (κ3) is 2.82. The normalized spacial score (nSPS) is 12.9. The summed E-state index contributed by atoms with van der Waals surface area (Å²) in [5, 5.41) is 3.44. The molecule has 0 aliphatic carbocycles. The lowest BCUT2D eigenvalue weighted by Crippen LogP contribution is -2.24. The second-order valence-corrected chi connectivity index (χ2v) is 6.32. The van der Waals surface area contributed by atoms with Crippen molar-refractivity contribution in [1.82, 2.24) is 14.7 Å². The van der Waals surface area contributed by atoms with Crippen molar-refractivity contribution in [1.29, 1.82) is 0 Å². The lowest BCUT2D eigenvalue weighted by Gasteiger charge is -2.08. The monoisotopic (exact) mass is 263 g/mol. The van der Waals surface area contributed by atoms with Crippen LogP contribution >= 0.6 is 11.3 Å². The molecule has 4 heteroatoms. The zero-order chi connectivity index (χ0) is 13.3. The Balaban J connectivity index is 2.29. The van der Waals surface area contributed by atoms with Crippen LogP contribution in [0, 0.1) is 13.8 Å². The topological polar surface area (TPSA) is 29.3 Å². The highest BCUT2D eigenvalue weighted by Gasteiger charge is 2.09. The fourth-order valence-electron chi connectivity index (χ4n) is 1.90. The van der Waals surface area contributed by atoms with E-state index < -0.39 is 0 Å². The van der Waals surface area contributed by atoms with Crippen molar-refractivity contribution in [2.45, 2.75) is 40.7 Å². The molecule has 0 atom stereocenters. The Morgan fingerprint density at radius 1 is 1.50 bits per heavy atom. The van der Waals surface area contributed by atoms with Gasteiger partial charge in [-0.15, -0.1) is 11.3 Å². The fraction of sp³-hybridized carbons (Fsp3) is 0.500. The van der Waals surface area contributed by atoms with Crippen molar-refractivity contribution >= 4 is 22.4 Å². The highest BCUT2D eigenvalue weighted by atomic mass is 32.1. The Labute approximate surface area is 113 Å². The van der Waals surface area contributed by atoms with Crippen LogP contribution < -0.4 is 5.32 Å². The molecule has 0 aliphatic heterocycles. The van der Waals surface area contributed by atoms with Gasteiger partial charge in [0.05, 0.1) is 11.4 Å². The van der Waals surface area contributed by atoms with Gasteiger partial charge >= 0.3 is 0 Å². The summed E-state index contributed by atoms with van der Waals surface area (Å²) >= 11 is 1.74. The van der Waals surface area contributed by atoms with Crippen LogP contribution in [-0.4, -0.2) is 22.0 Å². The van der Waals surface area contributed by atoms with E-state index in [4.69, 9.17) is 0 Å². The molecule has 2 aromatic rings. The van der Waals surface area contributed by atoms with Crippen LogP contribution in [0.5, 0.6) is 0 Å². The first-order chi connectivity index (χ1) is 8.47. The van der Waals surface area contributed by atoms with E-state index in [0.717, 1.165) is 17.2 Å². The number of imidazole rings is 1. The zero-order valence-corrected chi connectivity index (χ0v) is 12.6. The minimum absolute atomic E-state index is 0.517. The van der Waals surface area contributed by atoms with Crippen LogP contribution in [0.25, 0.3) is 11.0 Å². The van der Waals surface area contributed by atoms with Gasteiger partial charge in [0.25, 0.3) is 0 Å². The Kier molecular flexibility index (Phi) is 3.88. The van der Waals surface area contributed by atoms with Gasteiger partial charge in [0, 0.05) is 23.7 Å². The van der Waals surface area contributed by atoms with Crippen LogP contribution in [0.1, 0.15) is 37.0 Å². The minimum atomic E-state index is 0.517. The molecule has 0 amide bonds. The number of hydrogen-bond donors (Lipinski definition) is 1. The number of hydrogen-bond acceptors (Lipinski definition) is 3. The zero-order valence-electron chi connectivity index (χ0n) is 11.7. The van der Waals surface area contributed by atoms with Crippen molar-refractivity contribution in [2.75, 3.05) is 6.54 Å². The molecular weight excluding hydrogens is 242 g/mol. The molecule has 0 bridgehead atoms. The maximum absolute atomic E-state index is 4.60. The largest absolute Gasteiger partial charge is 0.311 e. The number of nitrogens with zero attached hydrogens (tertiary/aromatic N) is 2. The molecule has 0 saturated heterocycles. The SMILES string of the molecule is CC(=Cc1c(C)nc2sc(C)cn12)CNC(C)C. The van der Waals surface area contributed by atoms with Gasteiger partial charge in [-0.25, -0.2) is 4.98 Å². The van der Waals surface area contributed by atoms with E-state index in [2.05, 4.69) is 61.6 Å². The van der Waals surface area contributed by atoms with Gasteiger partial charge in [-0.05, 0) is 26.8 Å². The van der Waals surface area contributed by atoms with Crippen molar-refractivity contribution < 1.29 is 0 Å². The second kappa shape index (κ2) is 5.24.